The molecule has 0 saturated heterocycles. The highest BCUT2D eigenvalue weighted by atomic mass is 32.2. The van der Waals surface area contributed by atoms with E-state index in [0.717, 1.165) is 70.8 Å². The minimum Gasteiger partial charge on any atom is -0.301 e. The maximum atomic E-state index is 12.4. The molecule has 0 spiro atoms. The van der Waals surface area contributed by atoms with Crippen LogP contribution in [0.2, 0.25) is 0 Å². The average Bonchev–Trinajstić information content (AvgIpc) is 2.87. The molecule has 11 heteroatoms. The molecule has 2 atom stereocenters. The first kappa shape index (κ1) is 36.6. The van der Waals surface area contributed by atoms with Crippen molar-refractivity contribution in [2.45, 2.75) is 83.5 Å². The van der Waals surface area contributed by atoms with Gasteiger partial charge in [-0.05, 0) is 58.7 Å². The third-order valence-electron chi connectivity index (χ3n) is 6.17. The highest BCUT2D eigenvalue weighted by Gasteiger charge is 2.22. The van der Waals surface area contributed by atoms with Gasteiger partial charge in [0.15, 0.2) is 0 Å². The van der Waals surface area contributed by atoms with E-state index < -0.39 is 20.2 Å². The summed E-state index contributed by atoms with van der Waals surface area (Å²) in [7, 11) is -7.30. The minimum atomic E-state index is -3.65. The van der Waals surface area contributed by atoms with Gasteiger partial charge >= 0.3 is 0 Å². The third kappa shape index (κ3) is 22.5. The Kier molecular flexibility index (Phi) is 22.6. The summed E-state index contributed by atoms with van der Waals surface area (Å²) < 4.78 is 59.9. The van der Waals surface area contributed by atoms with Crippen LogP contribution in [-0.4, -0.2) is 81.3 Å². The first-order valence-electron chi connectivity index (χ1n) is 13.8. The Hall–Kier alpha value is -1.43. The number of hydrogen-bond acceptors (Lipinski definition) is 9. The number of hydrogen-bond donors (Lipinski definition) is 0. The first-order chi connectivity index (χ1) is 18.2. The molecule has 0 aliphatic rings. The van der Waals surface area contributed by atoms with E-state index in [-0.39, 0.29) is 36.6 Å². The molecule has 0 aromatic carbocycles. The minimum absolute atomic E-state index is 0.0201. The molecule has 0 aliphatic carbocycles. The summed E-state index contributed by atoms with van der Waals surface area (Å²) in [6.45, 7) is 15.5. The van der Waals surface area contributed by atoms with Crippen LogP contribution in [0.25, 0.3) is 0 Å². The summed E-state index contributed by atoms with van der Waals surface area (Å²) in [5, 5.41) is 0. The van der Waals surface area contributed by atoms with Crippen LogP contribution in [0.3, 0.4) is 0 Å². The van der Waals surface area contributed by atoms with Crippen molar-refractivity contribution in [1.29, 1.82) is 0 Å². The molecule has 0 aliphatic heterocycles. The highest BCUT2D eigenvalue weighted by molar-refractivity contribution is 7.86. The predicted molar refractivity (Wildman–Crippen MR) is 160 cm³/mol. The zero-order chi connectivity index (χ0) is 28.5. The fraction of sp³-hybridized carbons (Fsp3) is 0.815. The molecule has 38 heavy (non-hydrogen) atoms. The molecule has 0 radical (unpaired) electrons. The van der Waals surface area contributed by atoms with Gasteiger partial charge in [0.1, 0.15) is 0 Å². The van der Waals surface area contributed by atoms with Gasteiger partial charge in [-0.15, -0.1) is 6.58 Å². The van der Waals surface area contributed by atoms with Gasteiger partial charge in [0, 0.05) is 31.5 Å². The summed E-state index contributed by atoms with van der Waals surface area (Å²) in [4.78, 5) is 11.6. The predicted octanol–water partition coefficient (Wildman–Crippen LogP) is 5.27. The molecular formula is C27H51N3O6S2. The van der Waals surface area contributed by atoms with Crippen LogP contribution < -0.4 is 0 Å². The zero-order valence-corrected chi connectivity index (χ0v) is 24.9. The van der Waals surface area contributed by atoms with Crippen LogP contribution >= 0.6 is 0 Å². The van der Waals surface area contributed by atoms with Crippen LogP contribution in [0.1, 0.15) is 83.5 Å². The van der Waals surface area contributed by atoms with Crippen molar-refractivity contribution in [2.75, 3.05) is 44.4 Å². The van der Waals surface area contributed by atoms with E-state index in [4.69, 9.17) is 8.37 Å². The topological polar surface area (TPSA) is 124 Å². The van der Waals surface area contributed by atoms with E-state index >= 15 is 0 Å². The lowest BCUT2D eigenvalue weighted by Gasteiger charge is -2.21. The number of allylic oxidation sites excluding steroid dienone is 1. The Labute approximate surface area is 232 Å². The number of rotatable bonds is 29. The van der Waals surface area contributed by atoms with Crippen LogP contribution in [0.5, 0.6) is 0 Å². The second-order valence-corrected chi connectivity index (χ2v) is 13.3. The van der Waals surface area contributed by atoms with Crippen LogP contribution in [0.15, 0.2) is 27.6 Å². The van der Waals surface area contributed by atoms with Gasteiger partial charge in [-0.1, -0.05) is 51.0 Å². The normalized spacial score (nSPS) is 13.6. The van der Waals surface area contributed by atoms with Crippen molar-refractivity contribution >= 4 is 40.4 Å². The van der Waals surface area contributed by atoms with Crippen LogP contribution in [0.4, 0.5) is 0 Å². The van der Waals surface area contributed by atoms with Crippen molar-refractivity contribution in [1.82, 2.24) is 0 Å². The van der Waals surface area contributed by atoms with Gasteiger partial charge in [0.05, 0.1) is 24.7 Å². The molecule has 9 nitrogen and oxygen atoms in total. The Balaban J connectivity index is 4.50. The SMILES string of the molecule is C=CCCCCCCCS(=O)(=O)OCC(CN=C)CC(CN=C)COS(=O)(=O)CCCCCCCCN=C. The van der Waals surface area contributed by atoms with Crippen molar-refractivity contribution in [2.24, 2.45) is 26.8 Å². The van der Waals surface area contributed by atoms with E-state index in [1.54, 1.807) is 0 Å². The molecule has 0 rings (SSSR count). The fourth-order valence-electron chi connectivity index (χ4n) is 4.05. The second-order valence-electron chi connectivity index (χ2n) is 9.79. The molecule has 0 heterocycles. The summed E-state index contributed by atoms with van der Waals surface area (Å²) in [6.07, 6.45) is 13.3. The quantitative estimate of drug-likeness (QED) is 0.0516. The van der Waals surface area contributed by atoms with Crippen LogP contribution in [-0.2, 0) is 28.6 Å². The largest absolute Gasteiger partial charge is 0.301 e. The second kappa shape index (κ2) is 23.5. The summed E-state index contributed by atoms with van der Waals surface area (Å²) >= 11 is 0. The summed E-state index contributed by atoms with van der Waals surface area (Å²) in [5.74, 6) is -0.555. The highest BCUT2D eigenvalue weighted by Crippen LogP contribution is 2.18. The molecule has 0 aromatic rings. The van der Waals surface area contributed by atoms with E-state index in [1.165, 1.54) is 0 Å². The van der Waals surface area contributed by atoms with E-state index in [0.29, 0.717) is 32.4 Å². The molecule has 0 amide bonds. The lowest BCUT2D eigenvalue weighted by molar-refractivity contribution is 0.194. The lowest BCUT2D eigenvalue weighted by atomic mass is 9.95. The van der Waals surface area contributed by atoms with Gasteiger partial charge in [-0.3, -0.25) is 8.37 Å². The molecule has 0 fully saturated rings. The first-order valence-corrected chi connectivity index (χ1v) is 17.0. The van der Waals surface area contributed by atoms with Crippen molar-refractivity contribution < 1.29 is 25.2 Å². The number of nitrogens with zero attached hydrogens (tertiary/aromatic N) is 3. The molecule has 0 N–H and O–H groups in total. The fourth-order valence-corrected chi connectivity index (χ4v) is 6.20. The summed E-state index contributed by atoms with van der Waals surface area (Å²) in [6, 6.07) is 0. The number of aliphatic imine (C=N–C) groups is 3. The summed E-state index contributed by atoms with van der Waals surface area (Å²) in [5.41, 5.74) is 0. The number of unbranched alkanes of at least 4 members (excludes halogenated alkanes) is 10. The Morgan fingerprint density at radius 2 is 1.03 bits per heavy atom. The van der Waals surface area contributed by atoms with Gasteiger partial charge in [0.25, 0.3) is 20.2 Å². The molecule has 0 aromatic heterocycles. The Morgan fingerprint density at radius 3 is 1.45 bits per heavy atom. The molecule has 0 bridgehead atoms. The Bertz CT molecular complexity index is 847. The van der Waals surface area contributed by atoms with Crippen LogP contribution in [0, 0.1) is 11.8 Å². The maximum Gasteiger partial charge on any atom is 0.267 e. The van der Waals surface area contributed by atoms with Crippen molar-refractivity contribution in [3.8, 4) is 0 Å². The van der Waals surface area contributed by atoms with E-state index in [2.05, 4.69) is 41.7 Å². The average molecular weight is 578 g/mol. The molecule has 222 valence electrons. The maximum absolute atomic E-state index is 12.4. The van der Waals surface area contributed by atoms with Crippen molar-refractivity contribution in [3.63, 3.8) is 0 Å². The van der Waals surface area contributed by atoms with E-state index in [9.17, 15) is 16.8 Å². The third-order valence-corrected chi connectivity index (χ3v) is 8.74. The van der Waals surface area contributed by atoms with Gasteiger partial charge in [-0.25, -0.2) is 0 Å². The molecular weight excluding hydrogens is 526 g/mol. The zero-order valence-electron chi connectivity index (χ0n) is 23.3. The Morgan fingerprint density at radius 1 is 0.605 bits per heavy atom. The molecule has 2 unspecified atom stereocenters. The smallest absolute Gasteiger partial charge is 0.267 e. The van der Waals surface area contributed by atoms with Crippen molar-refractivity contribution in [3.05, 3.63) is 12.7 Å². The van der Waals surface area contributed by atoms with Gasteiger partial charge in [-0.2, -0.15) is 16.8 Å². The van der Waals surface area contributed by atoms with Gasteiger partial charge in [0.2, 0.25) is 0 Å². The molecule has 0 saturated carbocycles. The lowest BCUT2D eigenvalue weighted by Crippen LogP contribution is -2.25. The van der Waals surface area contributed by atoms with Gasteiger partial charge < -0.3 is 15.0 Å². The standard InChI is InChI=1S/C27H51N3O6S2/c1-5-6-7-8-10-13-16-19-37(31,32)35-24-26(22-29-3)21-27(23-30-4)25-36-38(33,34)20-17-14-11-9-12-15-18-28-2/h5,26-27H,1-4,6-25H2. The van der Waals surface area contributed by atoms with E-state index in [1.807, 2.05) is 6.08 Å². The monoisotopic (exact) mass is 577 g/mol.